The second-order valence-electron chi connectivity index (χ2n) is 3.23. The summed E-state index contributed by atoms with van der Waals surface area (Å²) in [6.07, 6.45) is 1.22. The summed E-state index contributed by atoms with van der Waals surface area (Å²) in [7, 11) is 0. The van der Waals surface area contributed by atoms with Gasteiger partial charge in [-0.1, -0.05) is 6.07 Å². The lowest BCUT2D eigenvalue weighted by Gasteiger charge is -2.07. The third kappa shape index (κ3) is 4.14. The number of hydrogen-bond donors (Lipinski definition) is 0. The highest BCUT2D eigenvalue weighted by Crippen LogP contribution is 2.29. The zero-order chi connectivity index (χ0) is 12.8. The Bertz CT molecular complexity index is 401. The quantitative estimate of drug-likeness (QED) is 0.450. The summed E-state index contributed by atoms with van der Waals surface area (Å²) in [6, 6.07) is 3.90. The number of aryl methyl sites for hydroxylation is 1. The SMILES string of the molecule is O=[N+]([O-])c1ccc(CCCCl)cc1OC(F)F. The normalized spacial score (nSPS) is 10.6. The van der Waals surface area contributed by atoms with Crippen molar-refractivity contribution in [2.24, 2.45) is 0 Å². The fraction of sp³-hybridized carbons (Fsp3) is 0.400. The molecule has 94 valence electrons. The van der Waals surface area contributed by atoms with Crippen molar-refractivity contribution in [2.45, 2.75) is 19.5 Å². The summed E-state index contributed by atoms with van der Waals surface area (Å²) >= 11 is 5.50. The lowest BCUT2D eigenvalue weighted by Crippen LogP contribution is -2.05. The van der Waals surface area contributed by atoms with Crippen LogP contribution < -0.4 is 4.74 Å². The zero-order valence-electron chi connectivity index (χ0n) is 8.74. The van der Waals surface area contributed by atoms with Gasteiger partial charge in [0.15, 0.2) is 0 Å². The van der Waals surface area contributed by atoms with E-state index < -0.39 is 23.0 Å². The maximum atomic E-state index is 12.1. The molecular formula is C10H10ClF2NO3. The number of ether oxygens (including phenoxy) is 1. The molecule has 1 aromatic rings. The van der Waals surface area contributed by atoms with Crippen molar-refractivity contribution in [1.29, 1.82) is 0 Å². The van der Waals surface area contributed by atoms with Crippen molar-refractivity contribution < 1.29 is 18.4 Å². The van der Waals surface area contributed by atoms with Crippen LogP contribution >= 0.6 is 11.6 Å². The molecule has 0 amide bonds. The van der Waals surface area contributed by atoms with Gasteiger partial charge in [0.25, 0.3) is 0 Å². The maximum absolute atomic E-state index is 12.1. The molecule has 0 aliphatic rings. The van der Waals surface area contributed by atoms with Crippen molar-refractivity contribution in [3.05, 3.63) is 33.9 Å². The highest BCUT2D eigenvalue weighted by atomic mass is 35.5. The van der Waals surface area contributed by atoms with E-state index in [1.165, 1.54) is 12.1 Å². The highest BCUT2D eigenvalue weighted by molar-refractivity contribution is 6.17. The second-order valence-corrected chi connectivity index (χ2v) is 3.61. The Labute approximate surface area is 101 Å². The third-order valence-corrected chi connectivity index (χ3v) is 2.30. The smallest absolute Gasteiger partial charge is 0.387 e. The van der Waals surface area contributed by atoms with E-state index in [0.29, 0.717) is 24.3 Å². The average molecular weight is 266 g/mol. The topological polar surface area (TPSA) is 52.4 Å². The molecule has 0 aliphatic carbocycles. The van der Waals surface area contributed by atoms with E-state index in [1.807, 2.05) is 0 Å². The van der Waals surface area contributed by atoms with Crippen LogP contribution in [0, 0.1) is 10.1 Å². The van der Waals surface area contributed by atoms with Gasteiger partial charge < -0.3 is 4.74 Å². The minimum absolute atomic E-state index is 0.419. The molecule has 4 nitrogen and oxygen atoms in total. The van der Waals surface area contributed by atoms with E-state index in [-0.39, 0.29) is 0 Å². The molecule has 0 aliphatic heterocycles. The molecule has 0 fully saturated rings. The molecule has 0 saturated heterocycles. The number of hydrogen-bond acceptors (Lipinski definition) is 3. The Kier molecular flexibility index (Phi) is 5.09. The molecule has 0 spiro atoms. The van der Waals surface area contributed by atoms with Gasteiger partial charge in [0.05, 0.1) is 4.92 Å². The Morgan fingerprint density at radius 1 is 1.47 bits per heavy atom. The minimum Gasteiger partial charge on any atom is -0.427 e. The molecule has 7 heteroatoms. The molecule has 17 heavy (non-hydrogen) atoms. The van der Waals surface area contributed by atoms with Gasteiger partial charge in [-0.3, -0.25) is 10.1 Å². The first-order valence-corrected chi connectivity index (χ1v) is 5.36. The van der Waals surface area contributed by atoms with Crippen LogP contribution in [0.3, 0.4) is 0 Å². The zero-order valence-corrected chi connectivity index (χ0v) is 9.49. The first-order valence-electron chi connectivity index (χ1n) is 4.82. The van der Waals surface area contributed by atoms with Gasteiger partial charge >= 0.3 is 12.3 Å². The number of halogens is 3. The Morgan fingerprint density at radius 2 is 2.18 bits per heavy atom. The van der Waals surface area contributed by atoms with Crippen molar-refractivity contribution >= 4 is 17.3 Å². The summed E-state index contributed by atoms with van der Waals surface area (Å²) in [4.78, 5) is 9.83. The third-order valence-electron chi connectivity index (χ3n) is 2.04. The molecule has 0 aromatic heterocycles. The lowest BCUT2D eigenvalue weighted by atomic mass is 10.1. The molecule has 0 saturated carbocycles. The monoisotopic (exact) mass is 265 g/mol. The minimum atomic E-state index is -3.09. The van der Waals surface area contributed by atoms with Gasteiger partial charge in [-0.05, 0) is 24.5 Å². The van der Waals surface area contributed by atoms with Gasteiger partial charge in [-0.15, -0.1) is 11.6 Å². The molecule has 0 atom stereocenters. The lowest BCUT2D eigenvalue weighted by molar-refractivity contribution is -0.386. The van der Waals surface area contributed by atoms with Crippen LogP contribution in [0.4, 0.5) is 14.5 Å². The van der Waals surface area contributed by atoms with E-state index in [9.17, 15) is 18.9 Å². The number of alkyl halides is 3. The average Bonchev–Trinajstić information content (AvgIpc) is 2.25. The van der Waals surface area contributed by atoms with Crippen molar-refractivity contribution in [3.8, 4) is 5.75 Å². The first-order chi connectivity index (χ1) is 8.04. The number of nitrogens with zero attached hydrogens (tertiary/aromatic N) is 1. The van der Waals surface area contributed by atoms with Crippen molar-refractivity contribution in [3.63, 3.8) is 0 Å². The van der Waals surface area contributed by atoms with Gasteiger partial charge in [-0.2, -0.15) is 8.78 Å². The van der Waals surface area contributed by atoms with Crippen LogP contribution in [0.2, 0.25) is 0 Å². The van der Waals surface area contributed by atoms with E-state index in [2.05, 4.69) is 4.74 Å². The standard InChI is InChI=1S/C10H10ClF2NO3/c11-5-1-2-7-3-4-8(14(15)16)9(6-7)17-10(12)13/h3-4,6,10H,1-2,5H2. The van der Waals surface area contributed by atoms with Crippen LogP contribution in [-0.2, 0) is 6.42 Å². The van der Waals surface area contributed by atoms with E-state index >= 15 is 0 Å². The van der Waals surface area contributed by atoms with E-state index in [4.69, 9.17) is 11.6 Å². The molecule has 0 radical (unpaired) electrons. The number of benzene rings is 1. The predicted octanol–water partition coefficient (Wildman–Crippen LogP) is 3.37. The van der Waals surface area contributed by atoms with Crippen molar-refractivity contribution in [2.75, 3.05) is 5.88 Å². The molecule has 0 unspecified atom stereocenters. The van der Waals surface area contributed by atoms with Crippen LogP contribution in [0.1, 0.15) is 12.0 Å². The second kappa shape index (κ2) is 6.34. The Morgan fingerprint density at radius 3 is 2.71 bits per heavy atom. The first kappa shape index (κ1) is 13.6. The van der Waals surface area contributed by atoms with Crippen LogP contribution in [0.15, 0.2) is 18.2 Å². The predicted molar refractivity (Wildman–Crippen MR) is 58.8 cm³/mol. The van der Waals surface area contributed by atoms with Gasteiger partial charge in [-0.25, -0.2) is 0 Å². The summed E-state index contributed by atoms with van der Waals surface area (Å²) < 4.78 is 28.3. The summed E-state index contributed by atoms with van der Waals surface area (Å²) in [5, 5.41) is 10.6. The summed E-state index contributed by atoms with van der Waals surface area (Å²) in [6.45, 7) is -3.09. The largest absolute Gasteiger partial charge is 0.427 e. The number of nitro groups is 1. The molecular weight excluding hydrogens is 256 g/mol. The fourth-order valence-corrected chi connectivity index (χ4v) is 1.46. The Hall–Kier alpha value is -1.43. The molecule has 1 rings (SSSR count). The van der Waals surface area contributed by atoms with Gasteiger partial charge in [0, 0.05) is 11.9 Å². The number of nitro benzene ring substituents is 1. The summed E-state index contributed by atoms with van der Waals surface area (Å²) in [5.41, 5.74) is 0.201. The fourth-order valence-electron chi connectivity index (χ4n) is 1.33. The van der Waals surface area contributed by atoms with E-state index in [0.717, 1.165) is 6.07 Å². The molecule has 1 aromatic carbocycles. The van der Waals surface area contributed by atoms with Crippen molar-refractivity contribution in [1.82, 2.24) is 0 Å². The highest BCUT2D eigenvalue weighted by Gasteiger charge is 2.18. The van der Waals surface area contributed by atoms with Crippen LogP contribution in [0.25, 0.3) is 0 Å². The molecule has 0 bridgehead atoms. The van der Waals surface area contributed by atoms with Crippen LogP contribution in [0.5, 0.6) is 5.75 Å². The Balaban J connectivity index is 2.97. The maximum Gasteiger partial charge on any atom is 0.387 e. The summed E-state index contributed by atoms with van der Waals surface area (Å²) in [5.74, 6) is 0.0132. The van der Waals surface area contributed by atoms with Crippen LogP contribution in [-0.4, -0.2) is 17.4 Å². The molecule has 0 N–H and O–H groups in total. The van der Waals surface area contributed by atoms with E-state index in [1.54, 1.807) is 0 Å². The molecule has 0 heterocycles. The van der Waals surface area contributed by atoms with Gasteiger partial charge in [0.2, 0.25) is 5.75 Å². The van der Waals surface area contributed by atoms with Gasteiger partial charge in [0.1, 0.15) is 0 Å². The number of rotatable bonds is 6.